The number of carbonyl (C=O) groups excluding carboxylic acids is 3. The monoisotopic (exact) mass is 379 g/mol. The van der Waals surface area contributed by atoms with Crippen LogP contribution in [0.3, 0.4) is 0 Å². The standard InChI is InChI=1S/C15H14BrN3O4/c16-7-11-15(10-5-6-23-14(22)19(10)15)18(11)13(21)9-4-2-1-3-8(9)12(17)20/h1-4,10-11H,5-7H2,(H2,17,20)/t10?,11-,15-,18?,19?/m0/s1. The van der Waals surface area contributed by atoms with Gasteiger partial charge in [-0.25, -0.2) is 4.79 Å². The number of alkyl halides is 1. The number of halogens is 1. The van der Waals surface area contributed by atoms with Crippen LogP contribution in [0.25, 0.3) is 0 Å². The highest BCUT2D eigenvalue weighted by Gasteiger charge is 2.87. The third-order valence-corrected chi connectivity index (χ3v) is 5.46. The summed E-state index contributed by atoms with van der Waals surface area (Å²) in [5, 5.41) is 0.553. The number of carbonyl (C=O) groups is 3. The van der Waals surface area contributed by atoms with Crippen molar-refractivity contribution in [1.82, 2.24) is 9.80 Å². The van der Waals surface area contributed by atoms with Gasteiger partial charge in [-0.05, 0) is 12.1 Å². The molecule has 3 atom stereocenters. The van der Waals surface area contributed by atoms with E-state index < -0.39 is 11.6 Å². The third-order valence-electron chi connectivity index (χ3n) is 4.84. The predicted molar refractivity (Wildman–Crippen MR) is 83.0 cm³/mol. The van der Waals surface area contributed by atoms with Gasteiger partial charge in [-0.1, -0.05) is 28.1 Å². The number of nitrogens with two attached hydrogens (primary N) is 1. The van der Waals surface area contributed by atoms with E-state index in [0.29, 0.717) is 18.4 Å². The molecule has 0 aliphatic carbocycles. The number of rotatable bonds is 3. The molecule has 3 saturated heterocycles. The Labute approximate surface area is 140 Å². The van der Waals surface area contributed by atoms with Crippen LogP contribution in [0.2, 0.25) is 0 Å². The fourth-order valence-corrected chi connectivity index (χ4v) is 4.57. The summed E-state index contributed by atoms with van der Waals surface area (Å²) in [6.45, 7) is 0.372. The lowest BCUT2D eigenvalue weighted by Gasteiger charge is -2.10. The van der Waals surface area contributed by atoms with E-state index >= 15 is 0 Å². The highest BCUT2D eigenvalue weighted by molar-refractivity contribution is 9.09. The highest BCUT2D eigenvalue weighted by atomic mass is 79.9. The first-order valence-corrected chi connectivity index (χ1v) is 8.41. The van der Waals surface area contributed by atoms with Crippen LogP contribution in [0.5, 0.6) is 0 Å². The molecule has 0 saturated carbocycles. The summed E-state index contributed by atoms with van der Waals surface area (Å²) in [5.41, 5.74) is 5.21. The van der Waals surface area contributed by atoms with E-state index in [9.17, 15) is 14.4 Å². The maximum absolute atomic E-state index is 12.9. The van der Waals surface area contributed by atoms with E-state index in [2.05, 4.69) is 15.9 Å². The second-order valence-electron chi connectivity index (χ2n) is 5.83. The zero-order valence-electron chi connectivity index (χ0n) is 12.1. The Morgan fingerprint density at radius 3 is 2.65 bits per heavy atom. The first-order chi connectivity index (χ1) is 11.0. The molecule has 3 heterocycles. The molecule has 0 radical (unpaired) electrons. The van der Waals surface area contributed by atoms with Crippen molar-refractivity contribution in [3.63, 3.8) is 0 Å². The van der Waals surface area contributed by atoms with E-state index in [1.807, 2.05) is 0 Å². The van der Waals surface area contributed by atoms with Crippen molar-refractivity contribution in [2.75, 3.05) is 11.9 Å². The number of nitrogens with zero attached hydrogens (tertiary/aromatic N) is 2. The fraction of sp³-hybridized carbons (Fsp3) is 0.400. The van der Waals surface area contributed by atoms with E-state index in [-0.39, 0.29) is 35.2 Å². The number of hydrogen-bond donors (Lipinski definition) is 1. The highest BCUT2D eigenvalue weighted by Crippen LogP contribution is 2.64. The summed E-state index contributed by atoms with van der Waals surface area (Å²) in [4.78, 5) is 39.7. The molecule has 23 heavy (non-hydrogen) atoms. The molecule has 3 aliphatic heterocycles. The lowest BCUT2D eigenvalue weighted by Crippen LogP contribution is -2.25. The number of ether oxygens (including phenoxy) is 1. The van der Waals surface area contributed by atoms with Crippen molar-refractivity contribution in [2.45, 2.75) is 24.2 Å². The Balaban J connectivity index is 1.68. The van der Waals surface area contributed by atoms with Crippen molar-refractivity contribution in [1.29, 1.82) is 0 Å². The summed E-state index contributed by atoms with van der Waals surface area (Å²) in [7, 11) is 0. The summed E-state index contributed by atoms with van der Waals surface area (Å²) >= 11 is 3.41. The van der Waals surface area contributed by atoms with Crippen LogP contribution in [0.4, 0.5) is 4.79 Å². The van der Waals surface area contributed by atoms with Gasteiger partial charge in [0.05, 0.1) is 29.8 Å². The van der Waals surface area contributed by atoms with Crippen molar-refractivity contribution in [3.05, 3.63) is 35.4 Å². The summed E-state index contributed by atoms with van der Waals surface area (Å²) < 4.78 is 5.06. The summed E-state index contributed by atoms with van der Waals surface area (Å²) in [5.74, 6) is -0.931. The molecule has 2 N–H and O–H groups in total. The molecular weight excluding hydrogens is 366 g/mol. The maximum Gasteiger partial charge on any atom is 0.412 e. The topological polar surface area (TPSA) is 92.5 Å². The minimum Gasteiger partial charge on any atom is -0.449 e. The Kier molecular flexibility index (Phi) is 2.96. The molecular formula is C15H14BrN3O4. The predicted octanol–water partition coefficient (Wildman–Crippen LogP) is 0.926. The molecule has 1 aromatic rings. The van der Waals surface area contributed by atoms with Gasteiger partial charge < -0.3 is 15.4 Å². The van der Waals surface area contributed by atoms with Crippen LogP contribution in [0.15, 0.2) is 24.3 Å². The average Bonchev–Trinajstić information content (AvgIpc) is 3.42. The third kappa shape index (κ3) is 1.72. The number of primary amides is 1. The quantitative estimate of drug-likeness (QED) is 0.624. The first-order valence-electron chi connectivity index (χ1n) is 7.29. The molecule has 1 aromatic carbocycles. The molecule has 8 heteroatoms. The smallest absolute Gasteiger partial charge is 0.412 e. The Bertz CT molecular complexity index is 739. The van der Waals surface area contributed by atoms with Gasteiger partial charge in [-0.2, -0.15) is 0 Å². The normalized spacial score (nSPS) is 30.7. The van der Waals surface area contributed by atoms with Crippen molar-refractivity contribution in [3.8, 4) is 0 Å². The molecule has 0 bridgehead atoms. The minimum absolute atomic E-state index is 0.00371. The number of hydrogen-bond acceptors (Lipinski definition) is 4. The molecule has 3 aliphatic rings. The van der Waals surface area contributed by atoms with Crippen LogP contribution >= 0.6 is 15.9 Å². The molecule has 3 fully saturated rings. The summed E-state index contributed by atoms with van der Waals surface area (Å²) in [6.07, 6.45) is 0.321. The number of amides is 3. The van der Waals surface area contributed by atoms with Crippen LogP contribution < -0.4 is 5.73 Å². The van der Waals surface area contributed by atoms with Gasteiger partial charge >= 0.3 is 6.09 Å². The van der Waals surface area contributed by atoms with Crippen molar-refractivity contribution in [2.24, 2.45) is 5.73 Å². The molecule has 1 unspecified atom stereocenters. The largest absolute Gasteiger partial charge is 0.449 e. The Morgan fingerprint density at radius 2 is 2.04 bits per heavy atom. The van der Waals surface area contributed by atoms with Crippen LogP contribution in [-0.4, -0.2) is 57.4 Å². The van der Waals surface area contributed by atoms with E-state index in [4.69, 9.17) is 10.5 Å². The number of benzene rings is 1. The van der Waals surface area contributed by atoms with E-state index in [1.54, 1.807) is 28.0 Å². The lowest BCUT2D eigenvalue weighted by atomic mass is 10.1. The first kappa shape index (κ1) is 14.5. The Morgan fingerprint density at radius 1 is 1.35 bits per heavy atom. The SMILES string of the molecule is NC(=O)c1ccccc1C(=O)N1[C@@H](CBr)[C@@]12C1CCOC(=O)N12. The maximum atomic E-state index is 12.9. The molecule has 1 spiro atoms. The van der Waals surface area contributed by atoms with Gasteiger partial charge in [0.1, 0.15) is 0 Å². The van der Waals surface area contributed by atoms with Gasteiger partial charge in [-0.3, -0.25) is 14.5 Å². The van der Waals surface area contributed by atoms with E-state index in [0.717, 1.165) is 0 Å². The zero-order chi connectivity index (χ0) is 16.4. The van der Waals surface area contributed by atoms with Gasteiger partial charge in [0.2, 0.25) is 5.91 Å². The van der Waals surface area contributed by atoms with Crippen LogP contribution in [-0.2, 0) is 4.74 Å². The second-order valence-corrected chi connectivity index (χ2v) is 6.47. The van der Waals surface area contributed by atoms with Gasteiger partial charge in [0, 0.05) is 11.8 Å². The van der Waals surface area contributed by atoms with E-state index in [1.165, 1.54) is 6.07 Å². The minimum atomic E-state index is -0.645. The molecule has 0 aromatic heterocycles. The second kappa shape index (κ2) is 4.70. The van der Waals surface area contributed by atoms with Gasteiger partial charge in [0.25, 0.3) is 5.91 Å². The van der Waals surface area contributed by atoms with Crippen molar-refractivity contribution >= 4 is 33.8 Å². The molecule has 120 valence electrons. The number of fused-ring (bicyclic) bond motifs is 3. The lowest BCUT2D eigenvalue weighted by molar-refractivity contribution is 0.0843. The molecule has 3 amide bonds. The van der Waals surface area contributed by atoms with Crippen LogP contribution in [0, 0.1) is 0 Å². The van der Waals surface area contributed by atoms with Crippen LogP contribution in [0.1, 0.15) is 27.1 Å². The summed E-state index contributed by atoms with van der Waals surface area (Å²) in [6, 6.07) is 6.34. The van der Waals surface area contributed by atoms with Crippen molar-refractivity contribution < 1.29 is 19.1 Å². The molecule has 7 nitrogen and oxygen atoms in total. The van der Waals surface area contributed by atoms with Gasteiger partial charge in [0.15, 0.2) is 5.66 Å². The Hall–Kier alpha value is -2.09. The fourth-order valence-electron chi connectivity index (χ4n) is 3.81. The average molecular weight is 380 g/mol. The zero-order valence-corrected chi connectivity index (χ0v) is 13.7. The molecule has 4 rings (SSSR count). The van der Waals surface area contributed by atoms with Gasteiger partial charge in [-0.15, -0.1) is 0 Å². The number of cyclic esters (lactones) is 1.